The van der Waals surface area contributed by atoms with Crippen molar-refractivity contribution in [2.75, 3.05) is 16.8 Å². The van der Waals surface area contributed by atoms with E-state index in [0.29, 0.717) is 18.3 Å². The summed E-state index contributed by atoms with van der Waals surface area (Å²) >= 11 is 0. The fraction of sp³-hybridized carbons (Fsp3) is 0.522. The summed E-state index contributed by atoms with van der Waals surface area (Å²) in [6.45, 7) is 12.7. The summed E-state index contributed by atoms with van der Waals surface area (Å²) < 4.78 is 1.83. The molecule has 0 saturated carbocycles. The standard InChI is InChI=1S/C23H32N4O2/c1-7-15(2)18-10-8-9-11-19(18)26-14-17(13-21(26)28)22(29)24-20-12-16(3)25-27(20)23(4,5)6/h8-12,15,17H,7,13-14H2,1-6H3,(H,24,29). The largest absolute Gasteiger partial charge is 0.311 e. The summed E-state index contributed by atoms with van der Waals surface area (Å²) in [7, 11) is 0. The van der Waals surface area contributed by atoms with Crippen LogP contribution in [0.25, 0.3) is 0 Å². The van der Waals surface area contributed by atoms with E-state index in [-0.39, 0.29) is 29.7 Å². The van der Waals surface area contributed by atoms with Crippen LogP contribution in [-0.2, 0) is 15.1 Å². The van der Waals surface area contributed by atoms with E-state index in [1.165, 1.54) is 0 Å². The molecule has 0 radical (unpaired) electrons. The Morgan fingerprint density at radius 2 is 2.00 bits per heavy atom. The number of nitrogens with zero attached hydrogens (tertiary/aromatic N) is 3. The van der Waals surface area contributed by atoms with E-state index in [4.69, 9.17) is 0 Å². The Morgan fingerprint density at radius 1 is 1.31 bits per heavy atom. The van der Waals surface area contributed by atoms with Gasteiger partial charge in [-0.3, -0.25) is 9.59 Å². The molecule has 2 amide bonds. The van der Waals surface area contributed by atoms with Gasteiger partial charge in [-0.05, 0) is 51.7 Å². The highest BCUT2D eigenvalue weighted by Gasteiger charge is 2.36. The molecule has 2 heterocycles. The fourth-order valence-electron chi connectivity index (χ4n) is 3.81. The molecule has 1 aromatic carbocycles. The SMILES string of the molecule is CCC(C)c1ccccc1N1CC(C(=O)Nc2cc(C)nn2C(C)(C)C)CC1=O. The zero-order valence-corrected chi connectivity index (χ0v) is 18.3. The lowest BCUT2D eigenvalue weighted by atomic mass is 9.96. The van der Waals surface area contributed by atoms with Crippen molar-refractivity contribution in [1.82, 2.24) is 9.78 Å². The summed E-state index contributed by atoms with van der Waals surface area (Å²) in [5.74, 6) is 0.520. The van der Waals surface area contributed by atoms with Gasteiger partial charge in [0.2, 0.25) is 11.8 Å². The van der Waals surface area contributed by atoms with Crippen molar-refractivity contribution >= 4 is 23.3 Å². The van der Waals surface area contributed by atoms with Gasteiger partial charge >= 0.3 is 0 Å². The van der Waals surface area contributed by atoms with Crippen LogP contribution in [0, 0.1) is 12.8 Å². The van der Waals surface area contributed by atoms with Crippen molar-refractivity contribution in [2.45, 2.75) is 65.8 Å². The number of hydrogen-bond acceptors (Lipinski definition) is 3. The zero-order valence-electron chi connectivity index (χ0n) is 18.3. The summed E-state index contributed by atoms with van der Waals surface area (Å²) in [6.07, 6.45) is 1.22. The fourth-order valence-corrected chi connectivity index (χ4v) is 3.81. The quantitative estimate of drug-likeness (QED) is 0.812. The van der Waals surface area contributed by atoms with Gasteiger partial charge in [-0.25, -0.2) is 4.68 Å². The monoisotopic (exact) mass is 396 g/mol. The minimum atomic E-state index is -0.379. The van der Waals surface area contributed by atoms with Crippen molar-refractivity contribution < 1.29 is 9.59 Å². The Kier molecular flexibility index (Phi) is 5.82. The Hall–Kier alpha value is -2.63. The molecule has 2 aromatic rings. The van der Waals surface area contributed by atoms with Crippen molar-refractivity contribution in [1.29, 1.82) is 0 Å². The van der Waals surface area contributed by atoms with Gasteiger partial charge < -0.3 is 10.2 Å². The number of rotatable bonds is 5. The number of carbonyl (C=O) groups is 2. The summed E-state index contributed by atoms with van der Waals surface area (Å²) in [5.41, 5.74) is 2.69. The van der Waals surface area contributed by atoms with Crippen LogP contribution in [0.5, 0.6) is 0 Å². The Morgan fingerprint density at radius 3 is 2.66 bits per heavy atom. The van der Waals surface area contributed by atoms with Crippen LogP contribution in [0.3, 0.4) is 0 Å². The molecule has 1 aliphatic rings. The molecule has 1 fully saturated rings. The van der Waals surface area contributed by atoms with Gasteiger partial charge in [-0.15, -0.1) is 0 Å². The van der Waals surface area contributed by atoms with Crippen LogP contribution in [-0.4, -0.2) is 28.1 Å². The molecule has 6 nitrogen and oxygen atoms in total. The van der Waals surface area contributed by atoms with E-state index < -0.39 is 0 Å². The summed E-state index contributed by atoms with van der Waals surface area (Å²) in [6, 6.07) is 9.89. The molecule has 0 spiro atoms. The maximum Gasteiger partial charge on any atom is 0.230 e. The maximum absolute atomic E-state index is 13.0. The van der Waals surface area contributed by atoms with Crippen molar-refractivity contribution in [3.8, 4) is 0 Å². The lowest BCUT2D eigenvalue weighted by Crippen LogP contribution is -2.31. The van der Waals surface area contributed by atoms with Gasteiger partial charge in [0, 0.05) is 24.7 Å². The third-order valence-electron chi connectivity index (χ3n) is 5.58. The third-order valence-corrected chi connectivity index (χ3v) is 5.58. The normalized spacial score (nSPS) is 18.2. The van der Waals surface area contributed by atoms with Gasteiger partial charge in [0.15, 0.2) is 0 Å². The van der Waals surface area contributed by atoms with E-state index in [1.807, 2.05) is 56.6 Å². The molecular formula is C23H32N4O2. The molecule has 1 saturated heterocycles. The number of benzene rings is 1. The van der Waals surface area contributed by atoms with Crippen LogP contribution < -0.4 is 10.2 Å². The van der Waals surface area contributed by atoms with Gasteiger partial charge in [0.05, 0.1) is 17.2 Å². The maximum atomic E-state index is 13.0. The molecule has 1 aromatic heterocycles. The summed E-state index contributed by atoms with van der Waals surface area (Å²) in [5, 5.41) is 7.51. The molecule has 2 atom stereocenters. The van der Waals surface area contributed by atoms with Crippen LogP contribution in [0.15, 0.2) is 30.3 Å². The molecule has 0 aliphatic carbocycles. The number of nitrogens with one attached hydrogen (secondary N) is 1. The average Bonchev–Trinajstić information content (AvgIpc) is 3.23. The molecule has 3 rings (SSSR count). The predicted octanol–water partition coefficient (Wildman–Crippen LogP) is 4.45. The van der Waals surface area contributed by atoms with Crippen LogP contribution in [0.1, 0.15) is 64.6 Å². The molecular weight excluding hydrogens is 364 g/mol. The Balaban J connectivity index is 1.79. The number of amides is 2. The van der Waals surface area contributed by atoms with E-state index in [1.54, 1.807) is 4.90 Å². The van der Waals surface area contributed by atoms with E-state index >= 15 is 0 Å². The molecule has 29 heavy (non-hydrogen) atoms. The lowest BCUT2D eigenvalue weighted by Gasteiger charge is -2.24. The molecule has 156 valence electrons. The Labute approximate surface area is 173 Å². The highest BCUT2D eigenvalue weighted by molar-refractivity contribution is 6.03. The van der Waals surface area contributed by atoms with Crippen LogP contribution in [0.4, 0.5) is 11.5 Å². The van der Waals surface area contributed by atoms with Crippen molar-refractivity contribution in [3.63, 3.8) is 0 Å². The molecule has 6 heteroatoms. The van der Waals surface area contributed by atoms with E-state index in [2.05, 4.69) is 30.3 Å². The van der Waals surface area contributed by atoms with Crippen LogP contribution >= 0.6 is 0 Å². The number of hydrogen-bond donors (Lipinski definition) is 1. The van der Waals surface area contributed by atoms with Crippen molar-refractivity contribution in [2.24, 2.45) is 5.92 Å². The molecule has 0 bridgehead atoms. The lowest BCUT2D eigenvalue weighted by molar-refractivity contribution is -0.122. The summed E-state index contributed by atoms with van der Waals surface area (Å²) in [4.78, 5) is 27.5. The second-order valence-electron chi connectivity index (χ2n) is 9.02. The van der Waals surface area contributed by atoms with Crippen molar-refractivity contribution in [3.05, 3.63) is 41.6 Å². The first-order chi connectivity index (χ1) is 13.6. The number of para-hydroxylation sites is 1. The second-order valence-corrected chi connectivity index (χ2v) is 9.02. The van der Waals surface area contributed by atoms with E-state index in [9.17, 15) is 9.59 Å². The number of carbonyl (C=O) groups excluding carboxylic acids is 2. The smallest absolute Gasteiger partial charge is 0.230 e. The van der Waals surface area contributed by atoms with Crippen LogP contribution in [0.2, 0.25) is 0 Å². The minimum Gasteiger partial charge on any atom is -0.311 e. The predicted molar refractivity (Wildman–Crippen MR) is 116 cm³/mol. The average molecular weight is 397 g/mol. The number of aryl methyl sites for hydroxylation is 1. The zero-order chi connectivity index (χ0) is 21.3. The minimum absolute atomic E-state index is 0.00131. The van der Waals surface area contributed by atoms with Gasteiger partial charge in [0.1, 0.15) is 5.82 Å². The molecule has 1 aliphatic heterocycles. The first-order valence-electron chi connectivity index (χ1n) is 10.4. The first-order valence-corrected chi connectivity index (χ1v) is 10.4. The highest BCUT2D eigenvalue weighted by Crippen LogP contribution is 2.34. The van der Waals surface area contributed by atoms with E-state index in [0.717, 1.165) is 23.4 Å². The number of aromatic nitrogens is 2. The van der Waals surface area contributed by atoms with Gasteiger partial charge in [0.25, 0.3) is 0 Å². The Bertz CT molecular complexity index is 910. The molecule has 1 N–H and O–H groups in total. The molecule has 2 unspecified atom stereocenters. The number of anilines is 2. The van der Waals surface area contributed by atoms with Gasteiger partial charge in [-0.1, -0.05) is 32.0 Å². The van der Waals surface area contributed by atoms with Gasteiger partial charge in [-0.2, -0.15) is 5.10 Å². The third kappa shape index (κ3) is 4.36. The highest BCUT2D eigenvalue weighted by atomic mass is 16.2. The second kappa shape index (κ2) is 8.01. The first kappa shape index (κ1) is 21.1. The topological polar surface area (TPSA) is 67.2 Å².